The van der Waals surface area contributed by atoms with E-state index in [4.69, 9.17) is 28.4 Å². The summed E-state index contributed by atoms with van der Waals surface area (Å²) in [6, 6.07) is 2.97. The summed E-state index contributed by atoms with van der Waals surface area (Å²) in [4.78, 5) is 23.8. The number of carboxylic acids is 2. The third-order valence-corrected chi connectivity index (χ3v) is 5.68. The SMILES string of the molecule is CCCCOC(COCCc1ccc(C(=O)O)c(C(=O)O)c1CCOCC(OCC)OCCCC)OCC. The van der Waals surface area contributed by atoms with E-state index in [1.165, 1.54) is 6.07 Å². The molecule has 218 valence electrons. The van der Waals surface area contributed by atoms with Gasteiger partial charge in [0, 0.05) is 26.4 Å². The molecule has 2 unspecified atom stereocenters. The van der Waals surface area contributed by atoms with Crippen molar-refractivity contribution in [2.75, 3.05) is 52.9 Å². The highest BCUT2D eigenvalue weighted by molar-refractivity contribution is 6.03. The largest absolute Gasteiger partial charge is 0.478 e. The van der Waals surface area contributed by atoms with Gasteiger partial charge in [-0.1, -0.05) is 32.8 Å². The number of hydrogen-bond acceptors (Lipinski definition) is 8. The Morgan fingerprint density at radius 3 is 1.68 bits per heavy atom. The molecule has 0 aliphatic rings. The van der Waals surface area contributed by atoms with Crippen molar-refractivity contribution in [2.45, 2.75) is 78.8 Å². The summed E-state index contributed by atoms with van der Waals surface area (Å²) in [5, 5.41) is 19.4. The van der Waals surface area contributed by atoms with Crippen LogP contribution in [0.5, 0.6) is 0 Å². The van der Waals surface area contributed by atoms with Crippen LogP contribution >= 0.6 is 0 Å². The van der Waals surface area contributed by atoms with Gasteiger partial charge in [-0.25, -0.2) is 9.59 Å². The molecule has 10 heteroatoms. The first-order valence-corrected chi connectivity index (χ1v) is 13.6. The molecular formula is C28H46O10. The summed E-state index contributed by atoms with van der Waals surface area (Å²) in [6.07, 6.45) is 3.49. The van der Waals surface area contributed by atoms with Crippen LogP contribution in [0.3, 0.4) is 0 Å². The fraction of sp³-hybridized carbons (Fsp3) is 0.714. The van der Waals surface area contributed by atoms with Crippen LogP contribution in [-0.2, 0) is 41.3 Å². The molecule has 38 heavy (non-hydrogen) atoms. The molecule has 0 fully saturated rings. The Hall–Kier alpha value is -2.08. The van der Waals surface area contributed by atoms with E-state index in [2.05, 4.69) is 13.8 Å². The molecular weight excluding hydrogens is 496 g/mol. The topological polar surface area (TPSA) is 130 Å². The molecule has 0 saturated heterocycles. The van der Waals surface area contributed by atoms with Gasteiger partial charge < -0.3 is 38.6 Å². The Bertz CT molecular complexity index is 798. The average molecular weight is 543 g/mol. The third kappa shape index (κ3) is 13.1. The van der Waals surface area contributed by atoms with Gasteiger partial charge in [0.05, 0.1) is 37.6 Å². The molecule has 0 aromatic heterocycles. The number of rotatable bonds is 24. The van der Waals surface area contributed by atoms with Gasteiger partial charge in [-0.05, 0) is 56.7 Å². The third-order valence-electron chi connectivity index (χ3n) is 5.68. The van der Waals surface area contributed by atoms with Crippen LogP contribution in [0.25, 0.3) is 0 Å². The molecule has 0 bridgehead atoms. The van der Waals surface area contributed by atoms with Crippen molar-refractivity contribution in [1.29, 1.82) is 0 Å². The smallest absolute Gasteiger partial charge is 0.336 e. The first-order chi connectivity index (χ1) is 18.4. The van der Waals surface area contributed by atoms with Gasteiger partial charge >= 0.3 is 11.9 Å². The molecule has 10 nitrogen and oxygen atoms in total. The second-order valence-electron chi connectivity index (χ2n) is 8.60. The Balaban J connectivity index is 2.87. The second kappa shape index (κ2) is 20.8. The van der Waals surface area contributed by atoms with E-state index in [-0.39, 0.29) is 44.0 Å². The maximum atomic E-state index is 12.1. The zero-order chi connectivity index (χ0) is 28.2. The molecule has 0 saturated carbocycles. The quantitative estimate of drug-likeness (QED) is 0.142. The van der Waals surface area contributed by atoms with E-state index in [9.17, 15) is 19.8 Å². The summed E-state index contributed by atoms with van der Waals surface area (Å²) >= 11 is 0. The number of unbranched alkanes of at least 4 members (excludes halogenated alkanes) is 2. The van der Waals surface area contributed by atoms with Gasteiger partial charge in [-0.3, -0.25) is 0 Å². The predicted molar refractivity (Wildman–Crippen MR) is 142 cm³/mol. The molecule has 1 aromatic carbocycles. The van der Waals surface area contributed by atoms with E-state index >= 15 is 0 Å². The van der Waals surface area contributed by atoms with Gasteiger partial charge in [0.15, 0.2) is 12.6 Å². The van der Waals surface area contributed by atoms with Crippen LogP contribution in [0.2, 0.25) is 0 Å². The first-order valence-electron chi connectivity index (χ1n) is 13.6. The van der Waals surface area contributed by atoms with Crippen LogP contribution in [0.1, 0.15) is 85.2 Å². The fourth-order valence-electron chi connectivity index (χ4n) is 3.73. The van der Waals surface area contributed by atoms with Crippen molar-refractivity contribution < 1.29 is 48.2 Å². The van der Waals surface area contributed by atoms with Gasteiger partial charge in [0.25, 0.3) is 0 Å². The zero-order valence-corrected chi connectivity index (χ0v) is 23.4. The standard InChI is InChI=1S/C28H46O10/c1-5-9-15-37-24(35-7-3)19-33-17-13-21-11-12-23(27(29)30)26(28(31)32)22(21)14-18-34-20-25(36-8-4)38-16-10-6-2/h11-12,24-25H,5-10,13-20H2,1-4H3,(H,29,30)(H,31,32). The van der Waals surface area contributed by atoms with Gasteiger partial charge in [-0.15, -0.1) is 0 Å². The molecule has 0 amide bonds. The number of carbonyl (C=O) groups is 2. The van der Waals surface area contributed by atoms with E-state index < -0.39 is 24.5 Å². The summed E-state index contributed by atoms with van der Waals surface area (Å²) in [7, 11) is 0. The fourth-order valence-corrected chi connectivity index (χ4v) is 3.73. The molecule has 2 N–H and O–H groups in total. The minimum atomic E-state index is -1.30. The van der Waals surface area contributed by atoms with Crippen molar-refractivity contribution in [1.82, 2.24) is 0 Å². The Morgan fingerprint density at radius 1 is 0.711 bits per heavy atom. The van der Waals surface area contributed by atoms with Gasteiger partial charge in [0.2, 0.25) is 0 Å². The number of ether oxygens (including phenoxy) is 6. The van der Waals surface area contributed by atoms with Gasteiger partial charge in [0.1, 0.15) is 0 Å². The highest BCUT2D eigenvalue weighted by atomic mass is 16.7. The van der Waals surface area contributed by atoms with Crippen molar-refractivity contribution in [3.63, 3.8) is 0 Å². The summed E-state index contributed by atoms with van der Waals surface area (Å²) < 4.78 is 34.0. The molecule has 0 aliphatic carbocycles. The number of hydrogen-bond donors (Lipinski definition) is 2. The molecule has 1 rings (SSSR count). The van der Waals surface area contributed by atoms with E-state index in [1.54, 1.807) is 6.07 Å². The normalized spacial score (nSPS) is 12.9. The lowest BCUT2D eigenvalue weighted by Gasteiger charge is -2.20. The maximum absolute atomic E-state index is 12.1. The van der Waals surface area contributed by atoms with Crippen LogP contribution in [0.15, 0.2) is 12.1 Å². The minimum absolute atomic E-state index is 0.176. The monoisotopic (exact) mass is 542 g/mol. The molecule has 0 aliphatic heterocycles. The Labute approximate surface area is 226 Å². The van der Waals surface area contributed by atoms with Crippen molar-refractivity contribution in [2.24, 2.45) is 0 Å². The number of aromatic carboxylic acids is 2. The highest BCUT2D eigenvalue weighted by Crippen LogP contribution is 2.22. The predicted octanol–water partition coefficient (Wildman–Crippen LogP) is 4.56. The molecule has 0 heterocycles. The van der Waals surface area contributed by atoms with E-state index in [0.717, 1.165) is 25.7 Å². The lowest BCUT2D eigenvalue weighted by molar-refractivity contribution is -0.170. The summed E-state index contributed by atoms with van der Waals surface area (Å²) in [5.74, 6) is -2.59. The molecule has 0 spiro atoms. The first kappa shape index (κ1) is 33.9. The number of benzene rings is 1. The summed E-state index contributed by atoms with van der Waals surface area (Å²) in [5.41, 5.74) is 0.625. The Kier molecular flexibility index (Phi) is 18.6. The molecule has 1 aromatic rings. The summed E-state index contributed by atoms with van der Waals surface area (Å²) in [6.45, 7) is 10.9. The highest BCUT2D eigenvalue weighted by Gasteiger charge is 2.23. The average Bonchev–Trinajstić information content (AvgIpc) is 2.89. The van der Waals surface area contributed by atoms with Crippen LogP contribution in [0.4, 0.5) is 0 Å². The van der Waals surface area contributed by atoms with Crippen molar-refractivity contribution in [3.05, 3.63) is 34.4 Å². The van der Waals surface area contributed by atoms with Gasteiger partial charge in [-0.2, -0.15) is 0 Å². The van der Waals surface area contributed by atoms with Crippen molar-refractivity contribution in [3.8, 4) is 0 Å². The van der Waals surface area contributed by atoms with Crippen LogP contribution < -0.4 is 0 Å². The second-order valence-corrected chi connectivity index (χ2v) is 8.60. The number of carboxylic acid groups (broad SMARTS) is 2. The maximum Gasteiger partial charge on any atom is 0.336 e. The van der Waals surface area contributed by atoms with E-state index in [1.807, 2.05) is 13.8 Å². The molecule has 2 atom stereocenters. The van der Waals surface area contributed by atoms with Crippen LogP contribution in [0, 0.1) is 0 Å². The van der Waals surface area contributed by atoms with E-state index in [0.29, 0.717) is 44.0 Å². The molecule has 0 radical (unpaired) electrons. The van der Waals surface area contributed by atoms with Crippen molar-refractivity contribution >= 4 is 11.9 Å². The Morgan fingerprint density at radius 2 is 1.24 bits per heavy atom. The lowest BCUT2D eigenvalue weighted by atomic mass is 9.92. The zero-order valence-electron chi connectivity index (χ0n) is 23.4. The minimum Gasteiger partial charge on any atom is -0.478 e. The van der Waals surface area contributed by atoms with Crippen LogP contribution in [-0.4, -0.2) is 87.6 Å². The lowest BCUT2D eigenvalue weighted by Crippen LogP contribution is -2.25.